The maximum Gasteiger partial charge on any atom is 0.301 e. The molecular formula is C33H33N3O7S2. The molecule has 12 heteroatoms. The number of hydrogen-bond donors (Lipinski definition) is 1. The second kappa shape index (κ2) is 14.5. The van der Waals surface area contributed by atoms with Crippen molar-refractivity contribution in [1.82, 2.24) is 10.2 Å². The number of unbranched alkanes of at least 4 members (excludes halogenated alkanes) is 1. The number of aliphatic hydroxyl groups is 1. The monoisotopic (exact) mass is 647 g/mol. The predicted octanol–water partition coefficient (Wildman–Crippen LogP) is 6.66. The number of amides is 1. The molecular weight excluding hydrogens is 615 g/mol. The van der Waals surface area contributed by atoms with Crippen LogP contribution in [0, 0.1) is 0 Å². The average Bonchev–Trinajstić information content (AvgIpc) is 3.65. The lowest BCUT2D eigenvalue weighted by Crippen LogP contribution is -2.29. The van der Waals surface area contributed by atoms with Crippen molar-refractivity contribution in [2.45, 2.75) is 35.9 Å². The summed E-state index contributed by atoms with van der Waals surface area (Å²) in [5.74, 6) is 0.241. The Morgan fingerprint density at radius 3 is 2.27 bits per heavy atom. The molecule has 234 valence electrons. The van der Waals surface area contributed by atoms with E-state index in [0.717, 1.165) is 18.4 Å². The van der Waals surface area contributed by atoms with Crippen LogP contribution < -0.4 is 23.8 Å². The van der Waals surface area contributed by atoms with E-state index in [1.807, 2.05) is 30.3 Å². The van der Waals surface area contributed by atoms with Crippen molar-refractivity contribution >= 4 is 45.7 Å². The van der Waals surface area contributed by atoms with Gasteiger partial charge in [-0.2, -0.15) is 0 Å². The molecule has 1 atom stereocenters. The van der Waals surface area contributed by atoms with Gasteiger partial charge in [-0.3, -0.25) is 14.5 Å². The standard InChI is InChI=1S/C33H33N3O7S2/c1-5-6-16-43-23-14-12-21(13-15-23)28(37)26-27(22-17-24(40-2)30(42-4)25(18-22)41-3)36(31(39)29(26)38)32-34-35-33(45-32)44-19-20-10-8-7-9-11-20/h7-15,17-18,27,37H,5-6,16,19H2,1-4H3/b28-26-. The third kappa shape index (κ3) is 6.76. The largest absolute Gasteiger partial charge is 0.507 e. The second-order valence-electron chi connectivity index (χ2n) is 9.98. The van der Waals surface area contributed by atoms with Crippen LogP contribution in [0.3, 0.4) is 0 Å². The van der Waals surface area contributed by atoms with Gasteiger partial charge in [-0.25, -0.2) is 0 Å². The minimum Gasteiger partial charge on any atom is -0.507 e. The molecule has 1 saturated heterocycles. The highest BCUT2D eigenvalue weighted by molar-refractivity contribution is 8.00. The molecule has 1 aliphatic heterocycles. The number of ether oxygens (including phenoxy) is 4. The molecule has 1 unspecified atom stereocenters. The Morgan fingerprint density at radius 1 is 0.956 bits per heavy atom. The van der Waals surface area contributed by atoms with Gasteiger partial charge in [-0.15, -0.1) is 10.2 Å². The molecule has 5 rings (SSSR count). The normalized spacial score (nSPS) is 15.7. The molecule has 0 bridgehead atoms. The number of aromatic nitrogens is 2. The number of carbonyl (C=O) groups is 2. The molecule has 45 heavy (non-hydrogen) atoms. The van der Waals surface area contributed by atoms with Crippen molar-refractivity contribution in [2.75, 3.05) is 32.8 Å². The third-order valence-corrected chi connectivity index (χ3v) is 9.28. The van der Waals surface area contributed by atoms with E-state index in [1.54, 1.807) is 36.4 Å². The van der Waals surface area contributed by atoms with Gasteiger partial charge in [0.25, 0.3) is 5.78 Å². The van der Waals surface area contributed by atoms with Crippen molar-refractivity contribution in [3.05, 3.63) is 89.0 Å². The lowest BCUT2D eigenvalue weighted by atomic mass is 9.94. The van der Waals surface area contributed by atoms with Crippen molar-refractivity contribution in [3.63, 3.8) is 0 Å². The summed E-state index contributed by atoms with van der Waals surface area (Å²) in [6, 6.07) is 18.9. The van der Waals surface area contributed by atoms with Crippen molar-refractivity contribution in [1.29, 1.82) is 0 Å². The van der Waals surface area contributed by atoms with Crippen LogP contribution >= 0.6 is 23.1 Å². The Bertz CT molecular complexity index is 1670. The van der Waals surface area contributed by atoms with E-state index in [2.05, 4.69) is 17.1 Å². The van der Waals surface area contributed by atoms with Gasteiger partial charge >= 0.3 is 5.91 Å². The average molecular weight is 648 g/mol. The molecule has 1 aromatic heterocycles. The number of nitrogens with zero attached hydrogens (tertiary/aromatic N) is 3. The van der Waals surface area contributed by atoms with Crippen LogP contribution in [0.5, 0.6) is 23.0 Å². The second-order valence-corrected chi connectivity index (χ2v) is 12.2. The summed E-state index contributed by atoms with van der Waals surface area (Å²) in [5, 5.41) is 20.4. The van der Waals surface area contributed by atoms with E-state index >= 15 is 0 Å². The third-order valence-electron chi connectivity index (χ3n) is 7.15. The molecule has 0 spiro atoms. The first-order chi connectivity index (χ1) is 21.9. The van der Waals surface area contributed by atoms with Gasteiger partial charge in [0.1, 0.15) is 11.5 Å². The number of hydrogen-bond acceptors (Lipinski definition) is 11. The van der Waals surface area contributed by atoms with Gasteiger partial charge in [-0.1, -0.05) is 66.8 Å². The first kappa shape index (κ1) is 31.9. The van der Waals surface area contributed by atoms with Crippen LogP contribution in [0.4, 0.5) is 5.13 Å². The Balaban J connectivity index is 1.58. The van der Waals surface area contributed by atoms with Gasteiger partial charge in [0.05, 0.1) is 39.6 Å². The molecule has 2 heterocycles. The Labute approximate surface area is 269 Å². The van der Waals surface area contributed by atoms with Gasteiger partial charge in [0, 0.05) is 11.3 Å². The summed E-state index contributed by atoms with van der Waals surface area (Å²) >= 11 is 2.66. The lowest BCUT2D eigenvalue weighted by Gasteiger charge is -2.24. The topological polar surface area (TPSA) is 120 Å². The maximum atomic E-state index is 13.7. The van der Waals surface area contributed by atoms with Crippen LogP contribution in [0.25, 0.3) is 5.76 Å². The number of Topliss-reactive ketones (excluding diaryl/α,β-unsaturated/α-hetero) is 1. The number of rotatable bonds is 13. The molecule has 1 fully saturated rings. The predicted molar refractivity (Wildman–Crippen MR) is 174 cm³/mol. The zero-order chi connectivity index (χ0) is 31.9. The molecule has 3 aromatic carbocycles. The number of thioether (sulfide) groups is 1. The molecule has 0 aliphatic carbocycles. The quantitative estimate of drug-likeness (QED) is 0.0421. The van der Waals surface area contributed by atoms with Gasteiger partial charge in [0.2, 0.25) is 10.9 Å². The van der Waals surface area contributed by atoms with E-state index < -0.39 is 17.7 Å². The van der Waals surface area contributed by atoms with E-state index in [1.165, 1.54) is 49.3 Å². The van der Waals surface area contributed by atoms with E-state index in [9.17, 15) is 14.7 Å². The van der Waals surface area contributed by atoms with Crippen LogP contribution in [0.2, 0.25) is 0 Å². The SMILES string of the molecule is CCCCOc1ccc(/C(O)=C2/C(=O)C(=O)N(c3nnc(SCc4ccccc4)s3)C2c2cc(OC)c(OC)c(OC)c2)cc1. The van der Waals surface area contributed by atoms with E-state index in [0.29, 0.717) is 50.8 Å². The Kier molecular flexibility index (Phi) is 10.3. The highest BCUT2D eigenvalue weighted by Crippen LogP contribution is 2.48. The van der Waals surface area contributed by atoms with E-state index in [-0.39, 0.29) is 16.5 Å². The van der Waals surface area contributed by atoms with Gasteiger partial charge < -0.3 is 24.1 Å². The minimum atomic E-state index is -1.07. The van der Waals surface area contributed by atoms with Gasteiger partial charge in [0.15, 0.2) is 15.8 Å². The molecule has 1 N–H and O–H groups in total. The van der Waals surface area contributed by atoms with Crippen LogP contribution in [0.1, 0.15) is 42.5 Å². The van der Waals surface area contributed by atoms with E-state index in [4.69, 9.17) is 18.9 Å². The molecule has 10 nitrogen and oxygen atoms in total. The summed E-state index contributed by atoms with van der Waals surface area (Å²) < 4.78 is 23.0. The molecule has 0 radical (unpaired) electrons. The van der Waals surface area contributed by atoms with Crippen LogP contribution in [0.15, 0.2) is 76.6 Å². The van der Waals surface area contributed by atoms with Crippen molar-refractivity contribution in [3.8, 4) is 23.0 Å². The number of anilines is 1. The van der Waals surface area contributed by atoms with Crippen molar-refractivity contribution in [2.24, 2.45) is 0 Å². The maximum absolute atomic E-state index is 13.7. The minimum absolute atomic E-state index is 0.109. The summed E-state index contributed by atoms with van der Waals surface area (Å²) in [6.45, 7) is 2.65. The Morgan fingerprint density at radius 2 is 1.64 bits per heavy atom. The number of aliphatic hydroxyl groups excluding tert-OH is 1. The lowest BCUT2D eigenvalue weighted by molar-refractivity contribution is -0.132. The number of ketones is 1. The Hall–Kier alpha value is -4.55. The molecule has 1 aliphatic rings. The summed E-state index contributed by atoms with van der Waals surface area (Å²) in [4.78, 5) is 28.7. The molecule has 0 saturated carbocycles. The zero-order valence-corrected chi connectivity index (χ0v) is 26.9. The first-order valence-corrected chi connectivity index (χ1v) is 16.0. The number of benzene rings is 3. The fourth-order valence-corrected chi connectivity index (χ4v) is 6.70. The zero-order valence-electron chi connectivity index (χ0n) is 25.3. The molecule has 1 amide bonds. The van der Waals surface area contributed by atoms with Crippen LogP contribution in [-0.2, 0) is 15.3 Å². The van der Waals surface area contributed by atoms with Crippen molar-refractivity contribution < 1.29 is 33.6 Å². The fraction of sp³-hybridized carbons (Fsp3) is 0.273. The molecule has 4 aromatic rings. The smallest absolute Gasteiger partial charge is 0.301 e. The summed E-state index contributed by atoms with van der Waals surface area (Å²) in [5.41, 5.74) is 1.80. The highest BCUT2D eigenvalue weighted by Gasteiger charge is 2.49. The number of methoxy groups -OCH3 is 3. The fourth-order valence-electron chi connectivity index (χ4n) is 4.88. The summed E-state index contributed by atoms with van der Waals surface area (Å²) in [7, 11) is 4.43. The summed E-state index contributed by atoms with van der Waals surface area (Å²) in [6.07, 6.45) is 1.92. The van der Waals surface area contributed by atoms with Gasteiger partial charge in [-0.05, 0) is 53.9 Å². The first-order valence-electron chi connectivity index (χ1n) is 14.2. The highest BCUT2D eigenvalue weighted by atomic mass is 32.2. The number of carbonyl (C=O) groups excluding carboxylic acids is 2. The van der Waals surface area contributed by atoms with Crippen LogP contribution in [-0.4, -0.2) is 54.9 Å².